The van der Waals surface area contributed by atoms with Gasteiger partial charge in [-0.15, -0.1) is 0 Å². The standard InChI is InChI=1S/C14H17NO3/c1-11(16)9-10-15-14(18)8-7-13(17)12-5-3-2-4-6-12/h2-6H,7-10H2,1H3,(H,15,18). The molecule has 4 nitrogen and oxygen atoms in total. The zero-order chi connectivity index (χ0) is 13.4. The van der Waals surface area contributed by atoms with E-state index in [2.05, 4.69) is 5.32 Å². The third kappa shape index (κ3) is 5.39. The van der Waals surface area contributed by atoms with Crippen LogP contribution in [0.1, 0.15) is 36.5 Å². The van der Waals surface area contributed by atoms with E-state index < -0.39 is 0 Å². The average Bonchev–Trinajstić information content (AvgIpc) is 2.36. The average molecular weight is 247 g/mol. The first-order chi connectivity index (χ1) is 8.59. The first kappa shape index (κ1) is 14.1. The molecule has 0 aromatic heterocycles. The van der Waals surface area contributed by atoms with Crippen LogP contribution in [0.15, 0.2) is 30.3 Å². The Morgan fingerprint density at radius 1 is 1.00 bits per heavy atom. The van der Waals surface area contributed by atoms with E-state index in [9.17, 15) is 14.4 Å². The number of benzene rings is 1. The highest BCUT2D eigenvalue weighted by Crippen LogP contribution is 2.04. The minimum Gasteiger partial charge on any atom is -0.356 e. The lowest BCUT2D eigenvalue weighted by Gasteiger charge is -2.03. The van der Waals surface area contributed by atoms with Crippen molar-refractivity contribution in [3.8, 4) is 0 Å². The second-order valence-corrected chi connectivity index (χ2v) is 4.09. The Morgan fingerprint density at radius 3 is 2.28 bits per heavy atom. The van der Waals surface area contributed by atoms with Gasteiger partial charge in [-0.25, -0.2) is 0 Å². The molecule has 0 saturated heterocycles. The molecule has 1 rings (SSSR count). The monoisotopic (exact) mass is 247 g/mol. The van der Waals surface area contributed by atoms with Crippen LogP contribution in [-0.4, -0.2) is 24.0 Å². The summed E-state index contributed by atoms with van der Waals surface area (Å²) < 4.78 is 0. The van der Waals surface area contributed by atoms with E-state index in [1.54, 1.807) is 24.3 Å². The van der Waals surface area contributed by atoms with Crippen molar-refractivity contribution in [3.63, 3.8) is 0 Å². The Balaban J connectivity index is 2.26. The molecule has 0 aliphatic rings. The van der Waals surface area contributed by atoms with E-state index in [0.717, 1.165) is 0 Å². The van der Waals surface area contributed by atoms with Crippen molar-refractivity contribution in [1.29, 1.82) is 0 Å². The summed E-state index contributed by atoms with van der Waals surface area (Å²) in [7, 11) is 0. The molecular formula is C14H17NO3. The number of Topliss-reactive ketones (excluding diaryl/α,β-unsaturated/α-hetero) is 2. The molecule has 18 heavy (non-hydrogen) atoms. The van der Waals surface area contributed by atoms with Gasteiger partial charge in [-0.2, -0.15) is 0 Å². The maximum atomic E-state index is 11.7. The molecule has 1 N–H and O–H groups in total. The number of nitrogens with one attached hydrogen (secondary N) is 1. The van der Waals surface area contributed by atoms with Crippen LogP contribution in [0.4, 0.5) is 0 Å². The second-order valence-electron chi connectivity index (χ2n) is 4.09. The van der Waals surface area contributed by atoms with Crippen LogP contribution in [0.5, 0.6) is 0 Å². The minimum absolute atomic E-state index is 0.0376. The van der Waals surface area contributed by atoms with Crippen molar-refractivity contribution < 1.29 is 14.4 Å². The molecule has 0 saturated carbocycles. The van der Waals surface area contributed by atoms with Crippen molar-refractivity contribution in [3.05, 3.63) is 35.9 Å². The highest BCUT2D eigenvalue weighted by atomic mass is 16.2. The smallest absolute Gasteiger partial charge is 0.220 e. The van der Waals surface area contributed by atoms with Gasteiger partial charge in [0.2, 0.25) is 5.91 Å². The highest BCUT2D eigenvalue weighted by Gasteiger charge is 2.08. The Bertz CT molecular complexity index is 426. The number of carbonyl (C=O) groups excluding carboxylic acids is 3. The van der Waals surface area contributed by atoms with Crippen molar-refractivity contribution >= 4 is 17.5 Å². The predicted octanol–water partition coefficient (Wildman–Crippen LogP) is 1.74. The number of ketones is 2. The largest absolute Gasteiger partial charge is 0.356 e. The third-order valence-electron chi connectivity index (χ3n) is 2.47. The van der Waals surface area contributed by atoms with Crippen LogP contribution in [0.25, 0.3) is 0 Å². The summed E-state index contributed by atoms with van der Waals surface area (Å²) in [5.74, 6) is -0.200. The Morgan fingerprint density at radius 2 is 1.67 bits per heavy atom. The first-order valence-electron chi connectivity index (χ1n) is 5.94. The SMILES string of the molecule is CC(=O)CCNC(=O)CCC(=O)c1ccccc1. The van der Waals surface area contributed by atoms with E-state index in [-0.39, 0.29) is 30.3 Å². The first-order valence-corrected chi connectivity index (χ1v) is 5.94. The molecule has 0 fully saturated rings. The van der Waals surface area contributed by atoms with Gasteiger partial charge in [-0.1, -0.05) is 30.3 Å². The Hall–Kier alpha value is -1.97. The molecule has 1 aromatic carbocycles. The van der Waals surface area contributed by atoms with Gasteiger partial charge in [-0.05, 0) is 6.92 Å². The quantitative estimate of drug-likeness (QED) is 0.746. The number of hydrogen-bond acceptors (Lipinski definition) is 3. The van der Waals surface area contributed by atoms with Gasteiger partial charge in [0.1, 0.15) is 5.78 Å². The van der Waals surface area contributed by atoms with Crippen LogP contribution in [0, 0.1) is 0 Å². The van der Waals surface area contributed by atoms with Crippen LogP contribution >= 0.6 is 0 Å². The molecule has 0 aliphatic carbocycles. The van der Waals surface area contributed by atoms with E-state index in [0.29, 0.717) is 18.5 Å². The van der Waals surface area contributed by atoms with Gasteiger partial charge in [0.05, 0.1) is 0 Å². The fourth-order valence-electron chi connectivity index (χ4n) is 1.46. The van der Waals surface area contributed by atoms with E-state index >= 15 is 0 Å². The number of amides is 1. The fourth-order valence-corrected chi connectivity index (χ4v) is 1.46. The predicted molar refractivity (Wildman–Crippen MR) is 68.3 cm³/mol. The summed E-state index contributed by atoms with van der Waals surface area (Å²) in [6.07, 6.45) is 0.680. The molecular weight excluding hydrogens is 230 g/mol. The van der Waals surface area contributed by atoms with E-state index in [1.807, 2.05) is 6.07 Å². The molecule has 0 atom stereocenters. The van der Waals surface area contributed by atoms with Gasteiger partial charge in [0.15, 0.2) is 5.78 Å². The van der Waals surface area contributed by atoms with Crippen LogP contribution in [0.3, 0.4) is 0 Å². The summed E-state index contributed by atoms with van der Waals surface area (Å²) in [5, 5.41) is 2.61. The zero-order valence-electron chi connectivity index (χ0n) is 10.4. The lowest BCUT2D eigenvalue weighted by molar-refractivity contribution is -0.121. The number of carbonyl (C=O) groups is 3. The van der Waals surface area contributed by atoms with Crippen molar-refractivity contribution in [2.24, 2.45) is 0 Å². The number of hydrogen-bond donors (Lipinski definition) is 1. The summed E-state index contributed by atoms with van der Waals surface area (Å²) in [5.41, 5.74) is 0.619. The topological polar surface area (TPSA) is 63.2 Å². The molecule has 1 amide bonds. The van der Waals surface area contributed by atoms with Crippen LogP contribution in [0.2, 0.25) is 0 Å². The molecule has 4 heteroatoms. The molecule has 0 spiro atoms. The van der Waals surface area contributed by atoms with E-state index in [4.69, 9.17) is 0 Å². The molecule has 0 unspecified atom stereocenters. The number of rotatable bonds is 7. The molecule has 0 bridgehead atoms. The van der Waals surface area contributed by atoms with Gasteiger partial charge < -0.3 is 5.32 Å². The van der Waals surface area contributed by atoms with Crippen LogP contribution < -0.4 is 5.32 Å². The molecule has 0 aliphatic heterocycles. The molecule has 0 heterocycles. The Labute approximate surface area is 106 Å². The summed E-state index contributed by atoms with van der Waals surface area (Å²) in [6.45, 7) is 1.82. The second kappa shape index (κ2) is 7.37. The maximum Gasteiger partial charge on any atom is 0.220 e. The molecule has 0 radical (unpaired) electrons. The highest BCUT2D eigenvalue weighted by molar-refractivity contribution is 5.97. The van der Waals surface area contributed by atoms with Crippen LogP contribution in [-0.2, 0) is 9.59 Å². The normalized spacial score (nSPS) is 9.83. The summed E-state index contributed by atoms with van der Waals surface area (Å²) in [6, 6.07) is 8.89. The minimum atomic E-state index is -0.194. The summed E-state index contributed by atoms with van der Waals surface area (Å²) >= 11 is 0. The lowest BCUT2D eigenvalue weighted by Crippen LogP contribution is -2.25. The van der Waals surface area contributed by atoms with Gasteiger partial charge in [-0.3, -0.25) is 14.4 Å². The van der Waals surface area contributed by atoms with Gasteiger partial charge >= 0.3 is 0 Å². The maximum absolute atomic E-state index is 11.7. The molecule has 96 valence electrons. The Kier molecular flexibility index (Phi) is 5.77. The van der Waals surface area contributed by atoms with Crippen molar-refractivity contribution in [2.75, 3.05) is 6.54 Å². The molecule has 1 aromatic rings. The summed E-state index contributed by atoms with van der Waals surface area (Å²) in [4.78, 5) is 33.8. The van der Waals surface area contributed by atoms with Crippen molar-refractivity contribution in [2.45, 2.75) is 26.2 Å². The third-order valence-corrected chi connectivity index (χ3v) is 2.47. The van der Waals surface area contributed by atoms with Gasteiger partial charge in [0, 0.05) is 31.4 Å². The van der Waals surface area contributed by atoms with Gasteiger partial charge in [0.25, 0.3) is 0 Å². The zero-order valence-corrected chi connectivity index (χ0v) is 10.4. The van der Waals surface area contributed by atoms with Crippen molar-refractivity contribution in [1.82, 2.24) is 5.32 Å². The lowest BCUT2D eigenvalue weighted by atomic mass is 10.1. The van der Waals surface area contributed by atoms with E-state index in [1.165, 1.54) is 6.92 Å². The fraction of sp³-hybridized carbons (Fsp3) is 0.357.